The maximum atomic E-state index is 12.5. The highest BCUT2D eigenvalue weighted by molar-refractivity contribution is 5.63. The molecular formula is C17H24N2O. The Kier molecular flexibility index (Phi) is 4.83. The lowest BCUT2D eigenvalue weighted by Crippen LogP contribution is -2.19. The van der Waals surface area contributed by atoms with E-state index in [4.69, 9.17) is 0 Å². The molecule has 0 bridgehead atoms. The molecule has 1 N–H and O–H groups in total. The number of hydrogen-bond donors (Lipinski definition) is 1. The fourth-order valence-electron chi connectivity index (χ4n) is 2.52. The van der Waals surface area contributed by atoms with Crippen LogP contribution in [0.4, 0.5) is 0 Å². The maximum absolute atomic E-state index is 12.5. The number of hydrogen-bond acceptors (Lipinski definition) is 1. The van der Waals surface area contributed by atoms with E-state index in [9.17, 15) is 4.79 Å². The van der Waals surface area contributed by atoms with E-state index in [-0.39, 0.29) is 5.56 Å². The first-order valence-corrected chi connectivity index (χ1v) is 7.56. The van der Waals surface area contributed by atoms with Crippen LogP contribution in [0.1, 0.15) is 44.2 Å². The van der Waals surface area contributed by atoms with E-state index in [1.165, 1.54) is 5.56 Å². The fraction of sp³-hybridized carbons (Fsp3) is 0.471. The lowest BCUT2D eigenvalue weighted by atomic mass is 10.0. The molecule has 2 rings (SSSR count). The summed E-state index contributed by atoms with van der Waals surface area (Å²) in [4.78, 5) is 12.5. The zero-order chi connectivity index (χ0) is 14.5. The quantitative estimate of drug-likeness (QED) is 0.850. The van der Waals surface area contributed by atoms with Crippen LogP contribution in [0.2, 0.25) is 0 Å². The average Bonchev–Trinajstić information content (AvgIpc) is 2.74. The van der Waals surface area contributed by atoms with Gasteiger partial charge in [-0.05, 0) is 25.8 Å². The first-order chi connectivity index (χ1) is 9.67. The molecule has 20 heavy (non-hydrogen) atoms. The van der Waals surface area contributed by atoms with Crippen molar-refractivity contribution < 1.29 is 0 Å². The Labute approximate surface area is 120 Å². The van der Waals surface area contributed by atoms with Crippen LogP contribution in [0, 0.1) is 6.92 Å². The zero-order valence-electron chi connectivity index (χ0n) is 12.7. The summed E-state index contributed by atoms with van der Waals surface area (Å²) in [6.07, 6.45) is 3.94. The molecule has 0 amide bonds. The van der Waals surface area contributed by atoms with Crippen LogP contribution in [0.3, 0.4) is 0 Å². The molecule has 0 atom stereocenters. The highest BCUT2D eigenvalue weighted by Crippen LogP contribution is 2.21. The van der Waals surface area contributed by atoms with Crippen molar-refractivity contribution >= 4 is 0 Å². The Balaban J connectivity index is 2.48. The number of unbranched alkanes of at least 4 members (excludes halogenated alkanes) is 1. The van der Waals surface area contributed by atoms with Gasteiger partial charge in [0.15, 0.2) is 0 Å². The van der Waals surface area contributed by atoms with Gasteiger partial charge in [0.05, 0.1) is 5.69 Å². The van der Waals surface area contributed by atoms with Gasteiger partial charge in [-0.1, -0.05) is 50.5 Å². The third-order valence-corrected chi connectivity index (χ3v) is 3.59. The monoisotopic (exact) mass is 272 g/mol. The minimum Gasteiger partial charge on any atom is -0.295 e. The molecular weight excluding hydrogens is 248 g/mol. The molecule has 0 spiro atoms. The topological polar surface area (TPSA) is 37.8 Å². The Morgan fingerprint density at radius 2 is 2.00 bits per heavy atom. The Bertz CT molecular complexity index is 622. The molecule has 0 fully saturated rings. The summed E-state index contributed by atoms with van der Waals surface area (Å²) in [5, 5.41) is 3.32. The van der Waals surface area contributed by atoms with Gasteiger partial charge in [0.2, 0.25) is 0 Å². The number of nitrogens with one attached hydrogen (secondary N) is 1. The molecule has 0 aliphatic rings. The number of aryl methyl sites for hydroxylation is 2. The predicted molar refractivity (Wildman–Crippen MR) is 84.1 cm³/mol. The van der Waals surface area contributed by atoms with Crippen molar-refractivity contribution in [1.82, 2.24) is 9.78 Å². The van der Waals surface area contributed by atoms with Crippen LogP contribution in [-0.2, 0) is 13.0 Å². The summed E-state index contributed by atoms with van der Waals surface area (Å²) in [7, 11) is 0. The van der Waals surface area contributed by atoms with E-state index in [2.05, 4.69) is 44.1 Å². The Hall–Kier alpha value is -1.77. The molecule has 0 aliphatic heterocycles. The van der Waals surface area contributed by atoms with Gasteiger partial charge in [-0.2, -0.15) is 0 Å². The summed E-state index contributed by atoms with van der Waals surface area (Å²) < 4.78 is 1.77. The number of nitrogens with zero attached hydrogens (tertiary/aromatic N) is 1. The average molecular weight is 272 g/mol. The van der Waals surface area contributed by atoms with E-state index in [1.54, 1.807) is 4.68 Å². The normalized spacial score (nSPS) is 10.9. The van der Waals surface area contributed by atoms with Crippen LogP contribution in [0.15, 0.2) is 29.1 Å². The molecule has 0 aliphatic carbocycles. The number of aromatic amines is 1. The van der Waals surface area contributed by atoms with E-state index in [1.807, 2.05) is 6.07 Å². The van der Waals surface area contributed by atoms with Crippen molar-refractivity contribution in [3.05, 3.63) is 45.7 Å². The largest absolute Gasteiger partial charge is 0.295 e. The predicted octanol–water partition coefficient (Wildman–Crippen LogP) is 3.90. The minimum absolute atomic E-state index is 0.150. The van der Waals surface area contributed by atoms with Gasteiger partial charge in [-0.25, -0.2) is 0 Å². The first-order valence-electron chi connectivity index (χ1n) is 7.56. The molecule has 0 radical (unpaired) electrons. The van der Waals surface area contributed by atoms with E-state index >= 15 is 0 Å². The summed E-state index contributed by atoms with van der Waals surface area (Å²) in [5.41, 5.74) is 4.40. The van der Waals surface area contributed by atoms with E-state index < -0.39 is 0 Å². The molecule has 1 aromatic carbocycles. The number of aromatic nitrogens is 2. The molecule has 0 saturated carbocycles. The van der Waals surface area contributed by atoms with Crippen molar-refractivity contribution in [2.24, 2.45) is 0 Å². The van der Waals surface area contributed by atoms with E-state index in [0.717, 1.165) is 49.0 Å². The van der Waals surface area contributed by atoms with Crippen LogP contribution < -0.4 is 5.56 Å². The van der Waals surface area contributed by atoms with Crippen molar-refractivity contribution in [1.29, 1.82) is 0 Å². The third kappa shape index (κ3) is 3.03. The molecule has 1 aromatic heterocycles. The molecule has 3 heteroatoms. The molecule has 2 aromatic rings. The second kappa shape index (κ2) is 6.60. The second-order valence-electron chi connectivity index (χ2n) is 5.40. The summed E-state index contributed by atoms with van der Waals surface area (Å²) >= 11 is 0. The van der Waals surface area contributed by atoms with Crippen molar-refractivity contribution in [2.75, 3.05) is 0 Å². The van der Waals surface area contributed by atoms with Gasteiger partial charge in [-0.3, -0.25) is 14.6 Å². The lowest BCUT2D eigenvalue weighted by Gasteiger charge is -2.03. The fourth-order valence-corrected chi connectivity index (χ4v) is 2.52. The lowest BCUT2D eigenvalue weighted by molar-refractivity contribution is 0.557. The molecule has 0 saturated heterocycles. The maximum Gasteiger partial charge on any atom is 0.270 e. The zero-order valence-corrected chi connectivity index (χ0v) is 12.7. The van der Waals surface area contributed by atoms with E-state index in [0.29, 0.717) is 0 Å². The van der Waals surface area contributed by atoms with Crippen LogP contribution in [0.5, 0.6) is 0 Å². The molecule has 1 heterocycles. The number of rotatable bonds is 6. The smallest absolute Gasteiger partial charge is 0.270 e. The summed E-state index contributed by atoms with van der Waals surface area (Å²) in [6, 6.07) is 8.33. The van der Waals surface area contributed by atoms with Gasteiger partial charge >= 0.3 is 0 Å². The second-order valence-corrected chi connectivity index (χ2v) is 5.40. The Morgan fingerprint density at radius 3 is 2.65 bits per heavy atom. The van der Waals surface area contributed by atoms with Crippen molar-refractivity contribution in [3.63, 3.8) is 0 Å². The molecule has 0 unspecified atom stereocenters. The van der Waals surface area contributed by atoms with Gasteiger partial charge in [0.1, 0.15) is 0 Å². The molecule has 3 nitrogen and oxygen atoms in total. The first kappa shape index (κ1) is 14.6. The van der Waals surface area contributed by atoms with Crippen molar-refractivity contribution in [3.8, 4) is 11.3 Å². The Morgan fingerprint density at radius 1 is 1.20 bits per heavy atom. The van der Waals surface area contributed by atoms with Crippen LogP contribution in [0.25, 0.3) is 11.3 Å². The van der Waals surface area contributed by atoms with Gasteiger partial charge in [-0.15, -0.1) is 0 Å². The summed E-state index contributed by atoms with van der Waals surface area (Å²) in [6.45, 7) is 7.11. The minimum atomic E-state index is 0.150. The molecule has 108 valence electrons. The van der Waals surface area contributed by atoms with Crippen LogP contribution in [-0.4, -0.2) is 9.78 Å². The SMILES string of the molecule is CCCCn1[nH]c(-c2cccc(C)c2)c(CCC)c1=O. The van der Waals surface area contributed by atoms with Gasteiger partial charge < -0.3 is 0 Å². The van der Waals surface area contributed by atoms with Gasteiger partial charge in [0.25, 0.3) is 5.56 Å². The van der Waals surface area contributed by atoms with Gasteiger partial charge in [0, 0.05) is 17.7 Å². The number of H-pyrrole nitrogens is 1. The summed E-state index contributed by atoms with van der Waals surface area (Å²) in [5.74, 6) is 0. The third-order valence-electron chi connectivity index (χ3n) is 3.59. The van der Waals surface area contributed by atoms with Crippen molar-refractivity contribution in [2.45, 2.75) is 53.0 Å². The van der Waals surface area contributed by atoms with Crippen LogP contribution >= 0.6 is 0 Å². The highest BCUT2D eigenvalue weighted by Gasteiger charge is 2.14. The number of benzene rings is 1. The standard InChI is InChI=1S/C17H24N2O/c1-4-6-11-19-17(20)15(8-5-2)16(18-19)14-10-7-9-13(3)12-14/h7,9-10,12,18H,4-6,8,11H2,1-3H3. The highest BCUT2D eigenvalue weighted by atomic mass is 16.1.